The number of hydrogen-bond acceptors (Lipinski definition) is 2. The van der Waals surface area contributed by atoms with Gasteiger partial charge in [0.2, 0.25) is 0 Å². The van der Waals surface area contributed by atoms with Gasteiger partial charge in [-0.1, -0.05) is 18.9 Å². The molecule has 0 radical (unpaired) electrons. The summed E-state index contributed by atoms with van der Waals surface area (Å²) in [7, 11) is 3.46. The van der Waals surface area contributed by atoms with Crippen molar-refractivity contribution in [3.05, 3.63) is 29.6 Å². The molecule has 0 aromatic heterocycles. The Balaban J connectivity index is 2.21. The smallest absolute Gasteiger partial charge is 0.165 e. The molecular weight excluding hydrogens is 229 g/mol. The third-order valence-corrected chi connectivity index (χ3v) is 4.00. The Hall–Kier alpha value is -1.09. The molecule has 18 heavy (non-hydrogen) atoms. The minimum atomic E-state index is -0.255. The van der Waals surface area contributed by atoms with Gasteiger partial charge in [0.15, 0.2) is 11.6 Å². The molecule has 1 atom stereocenters. The minimum absolute atomic E-state index is 0.255. The van der Waals surface area contributed by atoms with Gasteiger partial charge >= 0.3 is 0 Å². The Labute approximate surface area is 109 Å². The van der Waals surface area contributed by atoms with Crippen LogP contribution in [-0.4, -0.2) is 20.7 Å². The van der Waals surface area contributed by atoms with E-state index in [0.717, 1.165) is 12.1 Å². The van der Waals surface area contributed by atoms with Gasteiger partial charge in [-0.15, -0.1) is 0 Å². The summed E-state index contributed by atoms with van der Waals surface area (Å²) in [6.07, 6.45) is 5.15. The molecule has 100 valence electrons. The lowest BCUT2D eigenvalue weighted by Gasteiger charge is -2.24. The van der Waals surface area contributed by atoms with Crippen molar-refractivity contribution in [2.45, 2.75) is 31.6 Å². The van der Waals surface area contributed by atoms with Crippen molar-refractivity contribution in [1.29, 1.82) is 0 Å². The molecule has 1 aliphatic carbocycles. The van der Waals surface area contributed by atoms with Crippen molar-refractivity contribution in [2.24, 2.45) is 5.92 Å². The topological polar surface area (TPSA) is 21.3 Å². The van der Waals surface area contributed by atoms with E-state index in [0.29, 0.717) is 17.6 Å². The third kappa shape index (κ3) is 2.83. The van der Waals surface area contributed by atoms with Crippen molar-refractivity contribution >= 4 is 0 Å². The molecule has 1 unspecified atom stereocenters. The molecule has 1 saturated carbocycles. The van der Waals surface area contributed by atoms with E-state index in [1.54, 1.807) is 12.1 Å². The molecule has 1 N–H and O–H groups in total. The highest BCUT2D eigenvalue weighted by molar-refractivity contribution is 5.32. The molecule has 3 heteroatoms. The van der Waals surface area contributed by atoms with Crippen LogP contribution in [0.25, 0.3) is 0 Å². The summed E-state index contributed by atoms with van der Waals surface area (Å²) in [5.41, 5.74) is 1.09. The second kappa shape index (κ2) is 6.19. The lowest BCUT2D eigenvalue weighted by Crippen LogP contribution is -2.23. The van der Waals surface area contributed by atoms with E-state index >= 15 is 0 Å². The molecule has 0 amide bonds. The van der Waals surface area contributed by atoms with Crippen molar-refractivity contribution < 1.29 is 9.13 Å². The van der Waals surface area contributed by atoms with Crippen LogP contribution in [0.1, 0.15) is 37.2 Å². The first-order valence-corrected chi connectivity index (χ1v) is 6.74. The normalized spacial score (nSPS) is 17.9. The number of likely N-dealkylation sites (N-methyl/N-ethyl adjacent to an activating group) is 1. The third-order valence-electron chi connectivity index (χ3n) is 4.00. The fourth-order valence-electron chi connectivity index (χ4n) is 3.05. The van der Waals surface area contributed by atoms with E-state index in [2.05, 4.69) is 5.32 Å². The first-order chi connectivity index (χ1) is 8.76. The first-order valence-electron chi connectivity index (χ1n) is 6.74. The highest BCUT2D eigenvalue weighted by atomic mass is 19.1. The predicted octanol–water partition coefficient (Wildman–Crippen LogP) is 3.33. The number of nitrogens with one attached hydrogen (secondary N) is 1. The summed E-state index contributed by atoms with van der Waals surface area (Å²) in [6, 6.07) is 5.38. The predicted molar refractivity (Wildman–Crippen MR) is 71.6 cm³/mol. The Kier molecular flexibility index (Phi) is 4.59. The van der Waals surface area contributed by atoms with E-state index in [1.807, 2.05) is 13.1 Å². The van der Waals surface area contributed by atoms with Crippen molar-refractivity contribution in [3.63, 3.8) is 0 Å². The monoisotopic (exact) mass is 251 g/mol. The molecule has 1 aliphatic rings. The maximum absolute atomic E-state index is 13.8. The number of halogens is 1. The van der Waals surface area contributed by atoms with Gasteiger partial charge in [0.05, 0.1) is 7.11 Å². The van der Waals surface area contributed by atoms with Gasteiger partial charge in [-0.25, -0.2) is 4.39 Å². The molecule has 0 saturated heterocycles. The van der Waals surface area contributed by atoms with E-state index < -0.39 is 0 Å². The average molecular weight is 251 g/mol. The Morgan fingerprint density at radius 3 is 2.67 bits per heavy atom. The highest BCUT2D eigenvalue weighted by Crippen LogP contribution is 2.37. The fourth-order valence-corrected chi connectivity index (χ4v) is 3.05. The number of hydrogen-bond donors (Lipinski definition) is 1. The van der Waals surface area contributed by atoms with Crippen LogP contribution in [0.3, 0.4) is 0 Å². The largest absolute Gasteiger partial charge is 0.494 e. The summed E-state index contributed by atoms with van der Waals surface area (Å²) in [6.45, 7) is 0.913. The zero-order chi connectivity index (χ0) is 13.0. The number of methoxy groups -OCH3 is 1. The second-order valence-electron chi connectivity index (χ2n) is 5.10. The maximum atomic E-state index is 13.8. The second-order valence-corrected chi connectivity index (χ2v) is 5.10. The number of ether oxygens (including phenoxy) is 1. The molecule has 0 aliphatic heterocycles. The molecule has 1 aromatic carbocycles. The van der Waals surface area contributed by atoms with E-state index in [1.165, 1.54) is 32.8 Å². The van der Waals surface area contributed by atoms with Gasteiger partial charge in [-0.05, 0) is 49.4 Å². The van der Waals surface area contributed by atoms with E-state index in [-0.39, 0.29) is 5.82 Å². The zero-order valence-corrected chi connectivity index (χ0v) is 11.2. The van der Waals surface area contributed by atoms with Gasteiger partial charge in [-0.2, -0.15) is 0 Å². The van der Waals surface area contributed by atoms with Crippen LogP contribution in [-0.2, 0) is 0 Å². The van der Waals surface area contributed by atoms with Crippen LogP contribution in [0, 0.1) is 11.7 Å². The molecule has 0 spiro atoms. The minimum Gasteiger partial charge on any atom is -0.494 e. The van der Waals surface area contributed by atoms with Gasteiger partial charge in [0.25, 0.3) is 0 Å². The molecule has 1 fully saturated rings. The highest BCUT2D eigenvalue weighted by Gasteiger charge is 2.26. The van der Waals surface area contributed by atoms with Crippen molar-refractivity contribution in [1.82, 2.24) is 5.32 Å². The summed E-state index contributed by atoms with van der Waals surface area (Å²) >= 11 is 0. The summed E-state index contributed by atoms with van der Waals surface area (Å²) < 4.78 is 18.8. The Morgan fingerprint density at radius 1 is 1.39 bits per heavy atom. The Bertz CT molecular complexity index is 388. The molecule has 2 nitrogen and oxygen atoms in total. The van der Waals surface area contributed by atoms with Crippen LogP contribution in [0.4, 0.5) is 4.39 Å². The fraction of sp³-hybridized carbons (Fsp3) is 0.600. The van der Waals surface area contributed by atoms with Crippen LogP contribution < -0.4 is 10.1 Å². The zero-order valence-electron chi connectivity index (χ0n) is 11.2. The number of benzene rings is 1. The van der Waals surface area contributed by atoms with Gasteiger partial charge in [-0.3, -0.25) is 0 Å². The maximum Gasteiger partial charge on any atom is 0.165 e. The standard InChI is InChI=1S/C15H22FNO/c1-17-10-13(11-5-3-4-6-11)12-7-8-15(18-2)14(16)9-12/h7-9,11,13,17H,3-6,10H2,1-2H3. The first kappa shape index (κ1) is 13.3. The number of rotatable bonds is 5. The van der Waals surface area contributed by atoms with E-state index in [4.69, 9.17) is 4.74 Å². The van der Waals surface area contributed by atoms with Crippen LogP contribution in [0.15, 0.2) is 18.2 Å². The summed E-state index contributed by atoms with van der Waals surface area (Å²) in [5, 5.41) is 3.24. The quantitative estimate of drug-likeness (QED) is 0.866. The van der Waals surface area contributed by atoms with Crippen molar-refractivity contribution in [3.8, 4) is 5.75 Å². The Morgan fingerprint density at radius 2 is 2.11 bits per heavy atom. The summed E-state index contributed by atoms with van der Waals surface area (Å²) in [5.74, 6) is 1.17. The molecule has 0 bridgehead atoms. The van der Waals surface area contributed by atoms with Gasteiger partial charge in [0.1, 0.15) is 0 Å². The van der Waals surface area contributed by atoms with Gasteiger partial charge < -0.3 is 10.1 Å². The van der Waals surface area contributed by atoms with Crippen LogP contribution in [0.2, 0.25) is 0 Å². The van der Waals surface area contributed by atoms with E-state index in [9.17, 15) is 4.39 Å². The van der Waals surface area contributed by atoms with Crippen LogP contribution in [0.5, 0.6) is 5.75 Å². The molecule has 1 aromatic rings. The molecule has 0 heterocycles. The van der Waals surface area contributed by atoms with Crippen LogP contribution >= 0.6 is 0 Å². The lowest BCUT2D eigenvalue weighted by atomic mass is 9.84. The van der Waals surface area contributed by atoms with Crippen molar-refractivity contribution in [2.75, 3.05) is 20.7 Å². The molecule has 2 rings (SSSR count). The SMILES string of the molecule is CNCC(c1ccc(OC)c(F)c1)C1CCCC1. The molecular formula is C15H22FNO. The lowest BCUT2D eigenvalue weighted by molar-refractivity contribution is 0.382. The van der Waals surface area contributed by atoms with Gasteiger partial charge in [0, 0.05) is 6.54 Å². The average Bonchev–Trinajstić information content (AvgIpc) is 2.89. The summed E-state index contributed by atoms with van der Waals surface area (Å²) in [4.78, 5) is 0.